The van der Waals surface area contributed by atoms with Crippen molar-refractivity contribution in [2.75, 3.05) is 19.6 Å². The molecule has 0 saturated carbocycles. The van der Waals surface area contributed by atoms with E-state index in [2.05, 4.69) is 17.0 Å². The summed E-state index contributed by atoms with van der Waals surface area (Å²) < 4.78 is 0. The third-order valence-electron chi connectivity index (χ3n) is 5.81. The predicted octanol–water partition coefficient (Wildman–Crippen LogP) is 3.38. The third kappa shape index (κ3) is 4.05. The zero-order valence-electron chi connectivity index (χ0n) is 15.6. The molecule has 2 amide bonds. The average Bonchev–Trinajstić information content (AvgIpc) is 3.05. The summed E-state index contributed by atoms with van der Waals surface area (Å²) >= 11 is 0. The Morgan fingerprint density at radius 2 is 1.56 bits per heavy atom. The van der Waals surface area contributed by atoms with Crippen LogP contribution in [0, 0.1) is 5.92 Å². The summed E-state index contributed by atoms with van der Waals surface area (Å²) in [7, 11) is 0. The number of nitrogens with zero attached hydrogens (tertiary/aromatic N) is 2. The van der Waals surface area contributed by atoms with Gasteiger partial charge in [-0.05, 0) is 42.9 Å². The van der Waals surface area contributed by atoms with Gasteiger partial charge in [-0.2, -0.15) is 0 Å². The molecule has 2 aromatic rings. The fourth-order valence-corrected chi connectivity index (χ4v) is 4.36. The van der Waals surface area contributed by atoms with Crippen LogP contribution in [-0.4, -0.2) is 47.3 Å². The van der Waals surface area contributed by atoms with E-state index >= 15 is 0 Å². The van der Waals surface area contributed by atoms with Gasteiger partial charge in [-0.1, -0.05) is 48.5 Å². The van der Waals surface area contributed by atoms with Crippen LogP contribution in [0.5, 0.6) is 0 Å². The molecule has 0 aromatic heterocycles. The van der Waals surface area contributed by atoms with Gasteiger partial charge in [0.25, 0.3) is 5.91 Å². The molecule has 3 fully saturated rings. The minimum atomic E-state index is 0.0890. The van der Waals surface area contributed by atoms with Gasteiger partial charge in [-0.15, -0.1) is 0 Å². The predicted molar refractivity (Wildman–Crippen MR) is 105 cm³/mol. The Hall–Kier alpha value is -2.62. The first-order valence-electron chi connectivity index (χ1n) is 9.88. The number of rotatable bonds is 4. The van der Waals surface area contributed by atoms with Crippen molar-refractivity contribution in [1.82, 2.24) is 9.80 Å². The second kappa shape index (κ2) is 7.95. The van der Waals surface area contributed by atoms with Gasteiger partial charge < -0.3 is 9.80 Å². The molecule has 2 bridgehead atoms. The van der Waals surface area contributed by atoms with Crippen molar-refractivity contribution in [3.05, 3.63) is 71.8 Å². The number of benzene rings is 2. The van der Waals surface area contributed by atoms with Crippen LogP contribution in [0.3, 0.4) is 0 Å². The van der Waals surface area contributed by atoms with E-state index < -0.39 is 0 Å². The molecule has 3 aliphatic heterocycles. The highest BCUT2D eigenvalue weighted by Crippen LogP contribution is 2.29. The van der Waals surface area contributed by atoms with Crippen LogP contribution in [0.2, 0.25) is 0 Å². The summed E-state index contributed by atoms with van der Waals surface area (Å²) in [5.41, 5.74) is 1.94. The smallest absolute Gasteiger partial charge is 0.253 e. The lowest BCUT2D eigenvalue weighted by molar-refractivity contribution is -0.135. The molecule has 3 aliphatic rings. The Balaban J connectivity index is 1.42. The van der Waals surface area contributed by atoms with E-state index in [1.165, 1.54) is 5.56 Å². The summed E-state index contributed by atoms with van der Waals surface area (Å²) in [6, 6.07) is 19.8. The number of hydrogen-bond donors (Lipinski definition) is 0. The standard InChI is InChI=1S/C23H26N2O2/c26-22(14-12-18-7-3-1-4-8-18)25-16-19-11-13-21(25)17-24(15-19)23(27)20-9-5-2-6-10-20/h1-10,19,21H,11-17H2/t19-,21+/m1/s1. The monoisotopic (exact) mass is 362 g/mol. The van der Waals surface area contributed by atoms with Crippen molar-refractivity contribution in [2.45, 2.75) is 31.7 Å². The Labute approximate surface area is 160 Å². The van der Waals surface area contributed by atoms with Crippen molar-refractivity contribution in [2.24, 2.45) is 5.92 Å². The molecule has 3 heterocycles. The lowest BCUT2D eigenvalue weighted by atomic mass is 9.94. The maximum Gasteiger partial charge on any atom is 0.253 e. The summed E-state index contributed by atoms with van der Waals surface area (Å²) in [6.07, 6.45) is 3.42. The number of hydrogen-bond acceptors (Lipinski definition) is 2. The quantitative estimate of drug-likeness (QED) is 0.837. The van der Waals surface area contributed by atoms with E-state index in [9.17, 15) is 9.59 Å². The zero-order chi connectivity index (χ0) is 18.6. The lowest BCUT2D eigenvalue weighted by Gasteiger charge is -2.36. The number of piperidine rings is 1. The fourth-order valence-electron chi connectivity index (χ4n) is 4.36. The summed E-state index contributed by atoms with van der Waals surface area (Å²) in [5, 5.41) is 0. The Kier molecular flexibility index (Phi) is 5.23. The zero-order valence-corrected chi connectivity index (χ0v) is 15.6. The minimum absolute atomic E-state index is 0.0890. The normalized spacial score (nSPS) is 21.8. The molecular weight excluding hydrogens is 336 g/mol. The van der Waals surface area contributed by atoms with Gasteiger partial charge in [-0.3, -0.25) is 9.59 Å². The molecule has 27 heavy (non-hydrogen) atoms. The first kappa shape index (κ1) is 17.8. The van der Waals surface area contributed by atoms with Gasteiger partial charge in [0.1, 0.15) is 0 Å². The highest BCUT2D eigenvalue weighted by Gasteiger charge is 2.38. The maximum absolute atomic E-state index is 12.9. The molecule has 3 saturated heterocycles. The number of carbonyl (C=O) groups excluding carboxylic acids is 2. The van der Waals surface area contributed by atoms with E-state index in [0.717, 1.165) is 37.9 Å². The van der Waals surface area contributed by atoms with Crippen LogP contribution in [0.15, 0.2) is 60.7 Å². The number of amides is 2. The van der Waals surface area contributed by atoms with Crippen molar-refractivity contribution < 1.29 is 9.59 Å². The second-order valence-electron chi connectivity index (χ2n) is 7.71. The van der Waals surface area contributed by atoms with Gasteiger partial charge in [0, 0.05) is 37.7 Å². The highest BCUT2D eigenvalue weighted by molar-refractivity contribution is 5.94. The molecule has 4 nitrogen and oxygen atoms in total. The van der Waals surface area contributed by atoms with Crippen LogP contribution in [0.4, 0.5) is 0 Å². The SMILES string of the molecule is O=C(c1ccccc1)N1C[C@H]2CC[C@@H](C1)N(C(=O)CCc1ccccc1)C2. The van der Waals surface area contributed by atoms with Crippen molar-refractivity contribution >= 4 is 11.8 Å². The van der Waals surface area contributed by atoms with Crippen molar-refractivity contribution in [1.29, 1.82) is 0 Å². The van der Waals surface area contributed by atoms with Gasteiger partial charge in [0.15, 0.2) is 0 Å². The first-order valence-corrected chi connectivity index (χ1v) is 9.88. The molecular formula is C23H26N2O2. The summed E-state index contributed by atoms with van der Waals surface area (Å²) in [4.78, 5) is 29.8. The van der Waals surface area contributed by atoms with E-state index in [-0.39, 0.29) is 17.9 Å². The van der Waals surface area contributed by atoms with E-state index in [1.54, 1.807) is 0 Å². The van der Waals surface area contributed by atoms with E-state index in [0.29, 0.717) is 18.9 Å². The number of aryl methyl sites for hydroxylation is 1. The fraction of sp³-hybridized carbons (Fsp3) is 0.391. The van der Waals surface area contributed by atoms with Crippen LogP contribution >= 0.6 is 0 Å². The molecule has 0 radical (unpaired) electrons. The summed E-state index contributed by atoms with van der Waals surface area (Å²) in [5.74, 6) is 0.700. The molecule has 140 valence electrons. The molecule has 4 heteroatoms. The van der Waals surface area contributed by atoms with Crippen LogP contribution in [0.25, 0.3) is 0 Å². The van der Waals surface area contributed by atoms with Gasteiger partial charge in [-0.25, -0.2) is 0 Å². The van der Waals surface area contributed by atoms with Crippen LogP contribution in [-0.2, 0) is 11.2 Å². The number of fused-ring (bicyclic) bond motifs is 4. The Bertz CT molecular complexity index is 791. The topological polar surface area (TPSA) is 40.6 Å². The van der Waals surface area contributed by atoms with Gasteiger partial charge >= 0.3 is 0 Å². The molecule has 0 N–H and O–H groups in total. The summed E-state index contributed by atoms with van der Waals surface area (Å²) in [6.45, 7) is 2.20. The van der Waals surface area contributed by atoms with Crippen LogP contribution in [0.1, 0.15) is 35.2 Å². The first-order chi connectivity index (χ1) is 13.2. The largest absolute Gasteiger partial charge is 0.338 e. The third-order valence-corrected chi connectivity index (χ3v) is 5.81. The second-order valence-corrected chi connectivity index (χ2v) is 7.71. The average molecular weight is 362 g/mol. The van der Waals surface area contributed by atoms with Crippen LogP contribution < -0.4 is 0 Å². The van der Waals surface area contributed by atoms with E-state index in [1.807, 2.05) is 53.4 Å². The molecule has 2 atom stereocenters. The molecule has 5 rings (SSSR count). The van der Waals surface area contributed by atoms with Crippen molar-refractivity contribution in [3.63, 3.8) is 0 Å². The van der Waals surface area contributed by atoms with Gasteiger partial charge in [0.05, 0.1) is 0 Å². The molecule has 0 aliphatic carbocycles. The number of carbonyl (C=O) groups is 2. The highest BCUT2D eigenvalue weighted by atomic mass is 16.2. The maximum atomic E-state index is 12.9. The molecule has 0 unspecified atom stereocenters. The lowest BCUT2D eigenvalue weighted by Crippen LogP contribution is -2.47. The minimum Gasteiger partial charge on any atom is -0.338 e. The molecule has 2 aromatic carbocycles. The van der Waals surface area contributed by atoms with Crippen molar-refractivity contribution in [3.8, 4) is 0 Å². The van der Waals surface area contributed by atoms with E-state index in [4.69, 9.17) is 0 Å². The molecule has 0 spiro atoms. The van der Waals surface area contributed by atoms with Gasteiger partial charge in [0.2, 0.25) is 5.91 Å². The Morgan fingerprint density at radius 1 is 0.852 bits per heavy atom. The Morgan fingerprint density at radius 3 is 2.30 bits per heavy atom.